The number of alkyl halides is 1. The van der Waals surface area contributed by atoms with Crippen molar-refractivity contribution in [2.45, 2.75) is 25.1 Å². The van der Waals surface area contributed by atoms with Gasteiger partial charge in [0.2, 0.25) is 5.85 Å². The quantitative estimate of drug-likeness (QED) is 0.474. The van der Waals surface area contributed by atoms with Crippen molar-refractivity contribution in [1.29, 1.82) is 0 Å². The molecule has 0 bridgehead atoms. The summed E-state index contributed by atoms with van der Waals surface area (Å²) in [6.07, 6.45) is 1.59. The predicted molar refractivity (Wildman–Crippen MR) is 29.0 cm³/mol. The Morgan fingerprint density at radius 2 is 2.38 bits per heavy atom. The third kappa shape index (κ3) is 0.757. The number of aliphatic hydroxyl groups is 1. The van der Waals surface area contributed by atoms with Crippen LogP contribution in [0.3, 0.4) is 0 Å². The maximum atomic E-state index is 12.5. The summed E-state index contributed by atoms with van der Waals surface area (Å²) in [5.74, 6) is -2.04. The van der Waals surface area contributed by atoms with E-state index in [9.17, 15) is 4.39 Å². The molecule has 0 spiro atoms. The van der Waals surface area contributed by atoms with E-state index in [4.69, 9.17) is 5.11 Å². The van der Waals surface area contributed by atoms with E-state index in [1.54, 1.807) is 0 Å². The molecule has 0 aliphatic heterocycles. The molecule has 0 radical (unpaired) electrons. The lowest BCUT2D eigenvalue weighted by Crippen LogP contribution is -2.17. The van der Waals surface area contributed by atoms with Crippen LogP contribution >= 0.6 is 0 Å². The van der Waals surface area contributed by atoms with Gasteiger partial charge in [0.25, 0.3) is 0 Å². The molecule has 0 aromatic carbocycles. The fraction of sp³-hybridized carbons (Fsp3) is 0.667. The summed E-state index contributed by atoms with van der Waals surface area (Å²) in [6.45, 7) is 3.38. The second-order valence-corrected chi connectivity index (χ2v) is 2.22. The molecule has 1 aliphatic carbocycles. The standard InChI is InChI=1S/C6H9FO/c1-5-3-2-4-6(5,7)8/h8H,1-4H2. The molecular weight excluding hydrogens is 107 g/mol. The Hall–Kier alpha value is -0.370. The van der Waals surface area contributed by atoms with E-state index in [1.165, 1.54) is 0 Å². The molecule has 8 heavy (non-hydrogen) atoms. The average Bonchev–Trinajstić information content (AvgIpc) is 1.86. The molecule has 0 aromatic rings. The molecule has 1 atom stereocenters. The van der Waals surface area contributed by atoms with Gasteiger partial charge in [0.1, 0.15) is 0 Å². The van der Waals surface area contributed by atoms with Crippen LogP contribution in [0.2, 0.25) is 0 Å². The summed E-state index contributed by atoms with van der Waals surface area (Å²) >= 11 is 0. The maximum absolute atomic E-state index is 12.5. The number of rotatable bonds is 0. The smallest absolute Gasteiger partial charge is 0.228 e. The average molecular weight is 116 g/mol. The first kappa shape index (κ1) is 5.76. The van der Waals surface area contributed by atoms with Gasteiger partial charge in [-0.2, -0.15) is 0 Å². The number of hydrogen-bond donors (Lipinski definition) is 1. The number of halogens is 1. The van der Waals surface area contributed by atoms with Crippen molar-refractivity contribution in [2.75, 3.05) is 0 Å². The molecule has 1 rings (SSSR count). The molecule has 1 nitrogen and oxygen atoms in total. The minimum absolute atomic E-state index is 0.228. The Balaban J connectivity index is 2.68. The first-order chi connectivity index (χ1) is 3.63. The Morgan fingerprint density at radius 1 is 1.75 bits per heavy atom. The topological polar surface area (TPSA) is 20.2 Å². The molecule has 0 heterocycles. The first-order valence-electron chi connectivity index (χ1n) is 2.72. The van der Waals surface area contributed by atoms with Crippen LogP contribution in [0.4, 0.5) is 4.39 Å². The summed E-state index contributed by atoms with van der Waals surface area (Å²) in [5, 5.41) is 8.70. The van der Waals surface area contributed by atoms with E-state index in [1.807, 2.05) is 0 Å². The van der Waals surface area contributed by atoms with E-state index in [2.05, 4.69) is 6.58 Å². The lowest BCUT2D eigenvalue weighted by molar-refractivity contribution is -0.0453. The van der Waals surface area contributed by atoms with E-state index in [0.717, 1.165) is 6.42 Å². The molecule has 0 aromatic heterocycles. The summed E-state index contributed by atoms with van der Waals surface area (Å²) in [6, 6.07) is 0. The second-order valence-electron chi connectivity index (χ2n) is 2.22. The highest BCUT2D eigenvalue weighted by Gasteiger charge is 2.34. The Kier molecular flexibility index (Phi) is 1.12. The van der Waals surface area contributed by atoms with Gasteiger partial charge in [-0.05, 0) is 18.4 Å². The number of hydrogen-bond acceptors (Lipinski definition) is 1. The van der Waals surface area contributed by atoms with Crippen LogP contribution in [0, 0.1) is 0 Å². The van der Waals surface area contributed by atoms with Crippen molar-refractivity contribution in [3.8, 4) is 0 Å². The molecule has 0 amide bonds. The van der Waals surface area contributed by atoms with Crippen LogP contribution in [0.1, 0.15) is 19.3 Å². The van der Waals surface area contributed by atoms with Crippen LogP contribution < -0.4 is 0 Å². The zero-order valence-electron chi connectivity index (χ0n) is 4.65. The van der Waals surface area contributed by atoms with Gasteiger partial charge in [-0.15, -0.1) is 0 Å². The van der Waals surface area contributed by atoms with Gasteiger partial charge < -0.3 is 5.11 Å². The van der Waals surface area contributed by atoms with Crippen LogP contribution in [-0.4, -0.2) is 11.0 Å². The molecule has 1 saturated carbocycles. The highest BCUT2D eigenvalue weighted by molar-refractivity contribution is 5.11. The fourth-order valence-electron chi connectivity index (χ4n) is 0.904. The molecule has 2 heteroatoms. The van der Waals surface area contributed by atoms with Gasteiger partial charge in [0.15, 0.2) is 0 Å². The predicted octanol–water partition coefficient (Wildman–Crippen LogP) is 1.38. The van der Waals surface area contributed by atoms with Crippen LogP contribution in [0.15, 0.2) is 12.2 Å². The van der Waals surface area contributed by atoms with Crippen molar-refractivity contribution in [3.05, 3.63) is 12.2 Å². The van der Waals surface area contributed by atoms with E-state index < -0.39 is 5.85 Å². The fourth-order valence-corrected chi connectivity index (χ4v) is 0.904. The lowest BCUT2D eigenvalue weighted by Gasteiger charge is -2.10. The first-order valence-corrected chi connectivity index (χ1v) is 2.72. The highest BCUT2D eigenvalue weighted by Crippen LogP contribution is 2.34. The summed E-state index contributed by atoms with van der Waals surface area (Å²) in [4.78, 5) is 0. The normalized spacial score (nSPS) is 38.5. The minimum atomic E-state index is -2.04. The summed E-state index contributed by atoms with van der Waals surface area (Å²) in [7, 11) is 0. The lowest BCUT2D eigenvalue weighted by atomic mass is 10.2. The van der Waals surface area contributed by atoms with Crippen molar-refractivity contribution in [3.63, 3.8) is 0 Å². The summed E-state index contributed by atoms with van der Waals surface area (Å²) in [5.41, 5.74) is 0.331. The highest BCUT2D eigenvalue weighted by atomic mass is 19.2. The van der Waals surface area contributed by atoms with Gasteiger partial charge in [0.05, 0.1) is 0 Å². The molecule has 1 N–H and O–H groups in total. The van der Waals surface area contributed by atoms with Crippen molar-refractivity contribution in [1.82, 2.24) is 0 Å². The second kappa shape index (κ2) is 1.55. The molecule has 1 aliphatic rings. The van der Waals surface area contributed by atoms with Crippen molar-refractivity contribution in [2.24, 2.45) is 0 Å². The zero-order valence-corrected chi connectivity index (χ0v) is 4.65. The van der Waals surface area contributed by atoms with Gasteiger partial charge in [-0.25, -0.2) is 4.39 Å². The molecular formula is C6H9FO. The largest absolute Gasteiger partial charge is 0.358 e. The molecule has 46 valence electrons. The van der Waals surface area contributed by atoms with Gasteiger partial charge >= 0.3 is 0 Å². The van der Waals surface area contributed by atoms with E-state index in [-0.39, 0.29) is 6.42 Å². The third-order valence-corrected chi connectivity index (χ3v) is 1.53. The van der Waals surface area contributed by atoms with Crippen molar-refractivity contribution < 1.29 is 9.50 Å². The zero-order chi connectivity index (χ0) is 6.20. The Labute approximate surface area is 47.8 Å². The molecule has 0 saturated heterocycles. The van der Waals surface area contributed by atoms with E-state index in [0.29, 0.717) is 12.0 Å². The monoisotopic (exact) mass is 116 g/mol. The maximum Gasteiger partial charge on any atom is 0.228 e. The van der Waals surface area contributed by atoms with Crippen LogP contribution in [-0.2, 0) is 0 Å². The summed E-state index contributed by atoms with van der Waals surface area (Å²) < 4.78 is 12.5. The van der Waals surface area contributed by atoms with Gasteiger partial charge in [0, 0.05) is 6.42 Å². The van der Waals surface area contributed by atoms with Gasteiger partial charge in [-0.3, -0.25) is 0 Å². The van der Waals surface area contributed by atoms with Crippen LogP contribution in [0.5, 0.6) is 0 Å². The van der Waals surface area contributed by atoms with Gasteiger partial charge in [-0.1, -0.05) is 6.58 Å². The Morgan fingerprint density at radius 3 is 2.50 bits per heavy atom. The van der Waals surface area contributed by atoms with Crippen LogP contribution in [0.25, 0.3) is 0 Å². The molecule has 1 fully saturated rings. The van der Waals surface area contributed by atoms with Crippen molar-refractivity contribution >= 4 is 0 Å². The minimum Gasteiger partial charge on any atom is -0.358 e. The Bertz CT molecular complexity index is 118. The van der Waals surface area contributed by atoms with E-state index >= 15 is 0 Å². The molecule has 1 unspecified atom stereocenters. The third-order valence-electron chi connectivity index (χ3n) is 1.53. The SMILES string of the molecule is C=C1CCCC1(O)F.